The number of piperidine rings is 1. The zero-order valence-corrected chi connectivity index (χ0v) is 16.2. The van der Waals surface area contributed by atoms with E-state index >= 15 is 0 Å². The van der Waals surface area contributed by atoms with Crippen LogP contribution < -0.4 is 10.2 Å². The van der Waals surface area contributed by atoms with Crippen LogP contribution in [0.2, 0.25) is 10.0 Å². The molecule has 1 aliphatic rings. The van der Waals surface area contributed by atoms with Crippen molar-refractivity contribution in [1.29, 1.82) is 0 Å². The molecule has 0 radical (unpaired) electrons. The maximum atomic E-state index is 12.5. The Kier molecular flexibility index (Phi) is 5.19. The molecule has 0 unspecified atom stereocenters. The summed E-state index contributed by atoms with van der Waals surface area (Å²) in [5.74, 6) is -0.171. The minimum Gasteiger partial charge on any atom is -0.371 e. The van der Waals surface area contributed by atoms with Crippen LogP contribution in [0, 0.1) is 0 Å². The first-order valence-electron chi connectivity index (χ1n) is 8.97. The molecule has 1 aliphatic heterocycles. The minimum absolute atomic E-state index is 0.122. The second kappa shape index (κ2) is 7.75. The van der Waals surface area contributed by atoms with Crippen molar-refractivity contribution in [3.8, 4) is 0 Å². The van der Waals surface area contributed by atoms with E-state index in [1.807, 2.05) is 24.4 Å². The Bertz CT molecular complexity index is 979. The van der Waals surface area contributed by atoms with E-state index < -0.39 is 0 Å². The predicted molar refractivity (Wildman–Crippen MR) is 111 cm³/mol. The molecule has 4 nitrogen and oxygen atoms in total. The molecule has 1 fully saturated rings. The second-order valence-electron chi connectivity index (χ2n) is 6.68. The molecule has 3 aromatic rings. The van der Waals surface area contributed by atoms with Gasteiger partial charge in [0.1, 0.15) is 0 Å². The van der Waals surface area contributed by atoms with Crippen LogP contribution in [0.5, 0.6) is 0 Å². The van der Waals surface area contributed by atoms with Crippen LogP contribution in [-0.2, 0) is 0 Å². The number of para-hydroxylation sites is 1. The van der Waals surface area contributed by atoms with Crippen molar-refractivity contribution in [2.45, 2.75) is 18.9 Å². The van der Waals surface area contributed by atoms with Gasteiger partial charge >= 0.3 is 0 Å². The Balaban J connectivity index is 1.43. The summed E-state index contributed by atoms with van der Waals surface area (Å²) >= 11 is 12.2. The van der Waals surface area contributed by atoms with E-state index in [9.17, 15) is 4.79 Å². The summed E-state index contributed by atoms with van der Waals surface area (Å²) in [7, 11) is 0. The van der Waals surface area contributed by atoms with Crippen LogP contribution in [-0.4, -0.2) is 30.0 Å². The molecule has 1 amide bonds. The zero-order chi connectivity index (χ0) is 18.8. The fourth-order valence-corrected chi connectivity index (χ4v) is 3.95. The highest BCUT2D eigenvalue weighted by Crippen LogP contribution is 2.28. The first-order chi connectivity index (χ1) is 13.1. The summed E-state index contributed by atoms with van der Waals surface area (Å²) in [4.78, 5) is 19.3. The summed E-state index contributed by atoms with van der Waals surface area (Å²) in [5.41, 5.74) is 2.62. The summed E-state index contributed by atoms with van der Waals surface area (Å²) in [6.07, 6.45) is 3.60. The number of rotatable bonds is 3. The average molecular weight is 400 g/mol. The Morgan fingerprint density at radius 3 is 2.63 bits per heavy atom. The Hall–Kier alpha value is -2.30. The number of amides is 1. The number of pyridine rings is 1. The standard InChI is InChI=1S/C21H19Cl2N3O/c22-17-6-3-5-16(20(17)23)21(27)25-14-9-12-26(13-10-14)19-8-11-24-18-7-2-1-4-15(18)19/h1-8,11,14H,9-10,12-13H2,(H,25,27). The molecule has 0 saturated carbocycles. The smallest absolute Gasteiger partial charge is 0.253 e. The van der Waals surface area contributed by atoms with Crippen LogP contribution in [0.15, 0.2) is 54.7 Å². The molecule has 2 heterocycles. The van der Waals surface area contributed by atoms with E-state index in [4.69, 9.17) is 23.2 Å². The number of carbonyl (C=O) groups is 1. The van der Waals surface area contributed by atoms with E-state index in [1.165, 1.54) is 5.69 Å². The van der Waals surface area contributed by atoms with Gasteiger partial charge in [-0.15, -0.1) is 0 Å². The molecule has 0 bridgehead atoms. The van der Waals surface area contributed by atoms with Gasteiger partial charge in [-0.2, -0.15) is 0 Å². The van der Waals surface area contributed by atoms with Crippen molar-refractivity contribution < 1.29 is 4.79 Å². The molecule has 0 atom stereocenters. The third-order valence-electron chi connectivity index (χ3n) is 4.99. The minimum atomic E-state index is -0.171. The number of halogens is 2. The Morgan fingerprint density at radius 1 is 1.04 bits per heavy atom. The summed E-state index contributed by atoms with van der Waals surface area (Å²) in [6.45, 7) is 1.75. The molecule has 27 heavy (non-hydrogen) atoms. The molecule has 4 rings (SSSR count). The van der Waals surface area contributed by atoms with Gasteiger partial charge < -0.3 is 10.2 Å². The van der Waals surface area contributed by atoms with Crippen LogP contribution in [0.25, 0.3) is 10.9 Å². The normalized spacial score (nSPS) is 15.1. The van der Waals surface area contributed by atoms with Crippen LogP contribution >= 0.6 is 23.2 Å². The number of aromatic nitrogens is 1. The number of hydrogen-bond acceptors (Lipinski definition) is 3. The fourth-order valence-electron chi connectivity index (χ4n) is 3.56. The summed E-state index contributed by atoms with van der Waals surface area (Å²) in [5, 5.41) is 4.95. The molecule has 2 aromatic carbocycles. The molecular formula is C21H19Cl2N3O. The van der Waals surface area contributed by atoms with Gasteiger partial charge in [0.2, 0.25) is 0 Å². The van der Waals surface area contributed by atoms with Gasteiger partial charge in [-0.3, -0.25) is 9.78 Å². The number of fused-ring (bicyclic) bond motifs is 1. The highest BCUT2D eigenvalue weighted by atomic mass is 35.5. The number of nitrogens with zero attached hydrogens (tertiary/aromatic N) is 2. The number of nitrogens with one attached hydrogen (secondary N) is 1. The number of anilines is 1. The van der Waals surface area contributed by atoms with Gasteiger partial charge in [0.05, 0.1) is 21.1 Å². The highest BCUT2D eigenvalue weighted by Gasteiger charge is 2.23. The number of hydrogen-bond donors (Lipinski definition) is 1. The van der Waals surface area contributed by atoms with Gasteiger partial charge in [0, 0.05) is 36.4 Å². The molecule has 0 spiro atoms. The van der Waals surface area contributed by atoms with Crippen LogP contribution in [0.4, 0.5) is 5.69 Å². The lowest BCUT2D eigenvalue weighted by Gasteiger charge is -2.34. The first-order valence-corrected chi connectivity index (χ1v) is 9.72. The van der Waals surface area contributed by atoms with Crippen molar-refractivity contribution in [2.24, 2.45) is 0 Å². The molecule has 1 aromatic heterocycles. The van der Waals surface area contributed by atoms with Gasteiger partial charge in [-0.05, 0) is 37.1 Å². The van der Waals surface area contributed by atoms with Gasteiger partial charge in [0.15, 0.2) is 0 Å². The number of benzene rings is 2. The fraction of sp³-hybridized carbons (Fsp3) is 0.238. The first kappa shape index (κ1) is 18.1. The monoisotopic (exact) mass is 399 g/mol. The van der Waals surface area contributed by atoms with Crippen molar-refractivity contribution in [3.63, 3.8) is 0 Å². The Labute approximate surface area is 168 Å². The van der Waals surface area contributed by atoms with E-state index in [-0.39, 0.29) is 11.9 Å². The van der Waals surface area contributed by atoms with E-state index in [0.29, 0.717) is 15.6 Å². The Morgan fingerprint density at radius 2 is 1.81 bits per heavy atom. The lowest BCUT2D eigenvalue weighted by atomic mass is 10.0. The molecule has 1 N–H and O–H groups in total. The quantitative estimate of drug-likeness (QED) is 0.678. The third kappa shape index (κ3) is 3.73. The lowest BCUT2D eigenvalue weighted by Crippen LogP contribution is -2.44. The summed E-state index contributed by atoms with van der Waals surface area (Å²) < 4.78 is 0. The van der Waals surface area contributed by atoms with Crippen LogP contribution in [0.1, 0.15) is 23.2 Å². The predicted octanol–water partition coefficient (Wildman–Crippen LogP) is 4.94. The molecular weight excluding hydrogens is 381 g/mol. The van der Waals surface area contributed by atoms with Gasteiger partial charge in [-0.1, -0.05) is 47.5 Å². The maximum Gasteiger partial charge on any atom is 0.253 e. The number of carbonyl (C=O) groups excluding carboxylic acids is 1. The highest BCUT2D eigenvalue weighted by molar-refractivity contribution is 6.43. The van der Waals surface area contributed by atoms with Gasteiger partial charge in [-0.25, -0.2) is 0 Å². The van der Waals surface area contributed by atoms with E-state index in [0.717, 1.165) is 36.8 Å². The summed E-state index contributed by atoms with van der Waals surface area (Å²) in [6, 6.07) is 15.5. The molecule has 6 heteroatoms. The third-order valence-corrected chi connectivity index (χ3v) is 5.81. The second-order valence-corrected chi connectivity index (χ2v) is 7.47. The van der Waals surface area contributed by atoms with E-state index in [1.54, 1.807) is 18.2 Å². The lowest BCUT2D eigenvalue weighted by molar-refractivity contribution is 0.0931. The molecule has 1 saturated heterocycles. The largest absolute Gasteiger partial charge is 0.371 e. The maximum absolute atomic E-state index is 12.5. The van der Waals surface area contributed by atoms with Gasteiger partial charge in [0.25, 0.3) is 5.91 Å². The molecule has 0 aliphatic carbocycles. The van der Waals surface area contributed by atoms with Crippen molar-refractivity contribution in [3.05, 3.63) is 70.3 Å². The van der Waals surface area contributed by atoms with Crippen molar-refractivity contribution in [2.75, 3.05) is 18.0 Å². The van der Waals surface area contributed by atoms with Crippen molar-refractivity contribution >= 4 is 45.7 Å². The van der Waals surface area contributed by atoms with Crippen LogP contribution in [0.3, 0.4) is 0 Å². The molecule has 138 valence electrons. The van der Waals surface area contributed by atoms with E-state index in [2.05, 4.69) is 27.3 Å². The topological polar surface area (TPSA) is 45.2 Å². The van der Waals surface area contributed by atoms with Crippen molar-refractivity contribution in [1.82, 2.24) is 10.3 Å². The average Bonchev–Trinajstić information content (AvgIpc) is 2.70. The zero-order valence-electron chi connectivity index (χ0n) is 14.7. The SMILES string of the molecule is O=C(NC1CCN(c2ccnc3ccccc23)CC1)c1cccc(Cl)c1Cl.